The first-order valence-electron chi connectivity index (χ1n) is 8.51. The van der Waals surface area contributed by atoms with Gasteiger partial charge in [0.2, 0.25) is 0 Å². The van der Waals surface area contributed by atoms with Gasteiger partial charge in [-0.25, -0.2) is 0 Å². The van der Waals surface area contributed by atoms with Crippen molar-refractivity contribution in [1.82, 2.24) is 0 Å². The lowest BCUT2D eigenvalue weighted by Gasteiger charge is -2.58. The number of nitro groups is 1. The van der Waals surface area contributed by atoms with Crippen LogP contribution in [0, 0.1) is 27.4 Å². The molecule has 4 bridgehead atoms. The lowest BCUT2D eigenvalue weighted by molar-refractivity contribution is -0.384. The summed E-state index contributed by atoms with van der Waals surface area (Å²) in [6.07, 6.45) is 4.93. The number of benzene rings is 1. The van der Waals surface area contributed by atoms with Crippen LogP contribution in [-0.2, 0) is 16.1 Å². The highest BCUT2D eigenvalue weighted by molar-refractivity contribution is 5.77. The predicted octanol–water partition coefficient (Wildman–Crippen LogP) is 2.97. The molecule has 0 aliphatic heterocycles. The first-order valence-corrected chi connectivity index (χ1v) is 8.51. The van der Waals surface area contributed by atoms with Crippen LogP contribution in [-0.4, -0.2) is 21.6 Å². The third kappa shape index (κ3) is 2.59. The van der Waals surface area contributed by atoms with Crippen LogP contribution in [0.3, 0.4) is 0 Å². The molecule has 6 nitrogen and oxygen atoms in total. The molecule has 2 atom stereocenters. The Morgan fingerprint density at radius 1 is 1.21 bits per heavy atom. The first-order chi connectivity index (χ1) is 11.4. The molecule has 24 heavy (non-hydrogen) atoms. The summed E-state index contributed by atoms with van der Waals surface area (Å²) in [5, 5.41) is 21.4. The number of esters is 1. The summed E-state index contributed by atoms with van der Waals surface area (Å²) in [5.41, 5.74) is -0.457. The highest BCUT2D eigenvalue weighted by atomic mass is 16.6. The molecule has 4 saturated carbocycles. The molecule has 1 aromatic carbocycles. The van der Waals surface area contributed by atoms with E-state index >= 15 is 0 Å². The number of nitro benzene ring substituents is 1. The van der Waals surface area contributed by atoms with Gasteiger partial charge in [0, 0.05) is 12.1 Å². The molecule has 0 radical (unpaired) electrons. The first kappa shape index (κ1) is 15.6. The third-order valence-electron chi connectivity index (χ3n) is 5.98. The molecule has 128 valence electrons. The number of non-ortho nitro benzene ring substituents is 1. The van der Waals surface area contributed by atoms with Crippen molar-refractivity contribution in [3.63, 3.8) is 0 Å². The second kappa shape index (κ2) is 5.28. The summed E-state index contributed by atoms with van der Waals surface area (Å²) in [6.45, 7) is 0.117. The predicted molar refractivity (Wildman–Crippen MR) is 85.0 cm³/mol. The van der Waals surface area contributed by atoms with Crippen LogP contribution in [0.25, 0.3) is 0 Å². The summed E-state index contributed by atoms with van der Waals surface area (Å²) < 4.78 is 5.54. The molecule has 4 aliphatic rings. The Kier molecular flexibility index (Phi) is 3.42. The van der Waals surface area contributed by atoms with Crippen LogP contribution in [0.2, 0.25) is 0 Å². The number of rotatable bonds is 4. The van der Waals surface area contributed by atoms with Crippen molar-refractivity contribution < 1.29 is 19.6 Å². The topological polar surface area (TPSA) is 89.7 Å². The second-order valence-corrected chi connectivity index (χ2v) is 7.97. The number of hydrogen-bond acceptors (Lipinski definition) is 5. The van der Waals surface area contributed by atoms with Gasteiger partial charge in [-0.3, -0.25) is 14.9 Å². The van der Waals surface area contributed by atoms with Crippen molar-refractivity contribution in [1.29, 1.82) is 0 Å². The molecule has 0 aromatic heterocycles. The van der Waals surface area contributed by atoms with E-state index in [1.807, 2.05) is 0 Å². The van der Waals surface area contributed by atoms with Crippen molar-refractivity contribution in [3.8, 4) is 0 Å². The van der Waals surface area contributed by atoms with E-state index in [9.17, 15) is 20.0 Å². The van der Waals surface area contributed by atoms with E-state index in [0.717, 1.165) is 37.7 Å². The molecule has 0 heterocycles. The number of carbonyl (C=O) groups excluding carboxylic acids is 1. The van der Waals surface area contributed by atoms with E-state index in [0.29, 0.717) is 18.3 Å². The fourth-order valence-corrected chi connectivity index (χ4v) is 5.47. The second-order valence-electron chi connectivity index (χ2n) is 7.97. The average Bonchev–Trinajstić information content (AvgIpc) is 2.50. The van der Waals surface area contributed by atoms with Gasteiger partial charge >= 0.3 is 5.97 Å². The lowest BCUT2D eigenvalue weighted by atomic mass is 9.48. The van der Waals surface area contributed by atoms with Gasteiger partial charge in [-0.15, -0.1) is 0 Å². The fraction of sp³-hybridized carbons (Fsp3) is 0.611. The van der Waals surface area contributed by atoms with Gasteiger partial charge < -0.3 is 9.84 Å². The molecular formula is C18H21NO5. The quantitative estimate of drug-likeness (QED) is 0.520. The molecule has 1 aromatic rings. The van der Waals surface area contributed by atoms with Crippen LogP contribution in [0.1, 0.15) is 44.1 Å². The van der Waals surface area contributed by atoms with Crippen LogP contribution in [0.4, 0.5) is 5.69 Å². The smallest absolute Gasteiger partial charge is 0.312 e. The largest absolute Gasteiger partial charge is 0.460 e. The zero-order valence-electron chi connectivity index (χ0n) is 13.4. The lowest BCUT2D eigenvalue weighted by Crippen LogP contribution is -2.58. The summed E-state index contributed by atoms with van der Waals surface area (Å²) in [7, 11) is 0. The number of nitrogens with zero attached hydrogens (tertiary/aromatic N) is 1. The van der Waals surface area contributed by atoms with E-state index in [4.69, 9.17) is 4.74 Å². The minimum Gasteiger partial charge on any atom is -0.460 e. The Hall–Kier alpha value is -1.95. The summed E-state index contributed by atoms with van der Waals surface area (Å²) >= 11 is 0. The Morgan fingerprint density at radius 2 is 1.83 bits per heavy atom. The van der Waals surface area contributed by atoms with Crippen LogP contribution in [0.5, 0.6) is 0 Å². The van der Waals surface area contributed by atoms with Gasteiger partial charge in [0.25, 0.3) is 5.69 Å². The third-order valence-corrected chi connectivity index (χ3v) is 5.98. The number of aliphatic hydroxyl groups is 1. The summed E-state index contributed by atoms with van der Waals surface area (Å²) in [6, 6.07) is 6.05. The van der Waals surface area contributed by atoms with E-state index in [1.165, 1.54) is 12.1 Å². The summed E-state index contributed by atoms with van der Waals surface area (Å²) in [4.78, 5) is 23.0. The van der Waals surface area contributed by atoms with Crippen molar-refractivity contribution in [2.75, 3.05) is 0 Å². The molecule has 0 amide bonds. The Bertz CT molecular complexity index is 669. The normalized spacial score (nSPS) is 36.5. The molecule has 0 saturated heterocycles. The van der Waals surface area contributed by atoms with Gasteiger partial charge in [0.15, 0.2) is 0 Å². The zero-order chi connectivity index (χ0) is 16.9. The zero-order valence-corrected chi connectivity index (χ0v) is 13.4. The fourth-order valence-electron chi connectivity index (χ4n) is 5.47. The van der Waals surface area contributed by atoms with E-state index < -0.39 is 15.9 Å². The standard InChI is InChI=1S/C18H21NO5/c20-16(24-10-12-1-3-15(4-2-12)19(22)23)17-6-13-5-14(7-17)9-18(21,8-13)11-17/h1-4,13-14,21H,5-11H2. The SMILES string of the molecule is O=C(OCc1ccc([N+](=O)[O-])cc1)C12CC3CC(CC(O)(C3)C1)C2. The molecular weight excluding hydrogens is 310 g/mol. The van der Waals surface area contributed by atoms with Crippen LogP contribution >= 0.6 is 0 Å². The molecule has 5 rings (SSSR count). The van der Waals surface area contributed by atoms with E-state index in [-0.39, 0.29) is 18.3 Å². The molecule has 2 unspecified atom stereocenters. The Labute approximate surface area is 140 Å². The van der Waals surface area contributed by atoms with Gasteiger partial charge in [-0.1, -0.05) is 0 Å². The molecule has 4 aliphatic carbocycles. The van der Waals surface area contributed by atoms with Gasteiger partial charge in [-0.05, 0) is 68.1 Å². The monoisotopic (exact) mass is 331 g/mol. The molecule has 1 N–H and O–H groups in total. The highest BCUT2D eigenvalue weighted by Gasteiger charge is 2.60. The number of carbonyl (C=O) groups is 1. The van der Waals surface area contributed by atoms with Gasteiger partial charge in [-0.2, -0.15) is 0 Å². The van der Waals surface area contributed by atoms with Crippen molar-refractivity contribution in [2.24, 2.45) is 17.3 Å². The molecule has 4 fully saturated rings. The molecule has 0 spiro atoms. The van der Waals surface area contributed by atoms with E-state index in [1.54, 1.807) is 12.1 Å². The Morgan fingerprint density at radius 3 is 2.38 bits per heavy atom. The van der Waals surface area contributed by atoms with Crippen LogP contribution in [0.15, 0.2) is 24.3 Å². The molecule has 6 heteroatoms. The van der Waals surface area contributed by atoms with E-state index in [2.05, 4.69) is 0 Å². The maximum atomic E-state index is 12.7. The minimum absolute atomic E-state index is 0.0217. The highest BCUT2D eigenvalue weighted by Crippen LogP contribution is 2.62. The van der Waals surface area contributed by atoms with Gasteiger partial charge in [0.05, 0.1) is 15.9 Å². The number of ether oxygens (including phenoxy) is 1. The van der Waals surface area contributed by atoms with Crippen molar-refractivity contribution in [2.45, 2.75) is 50.7 Å². The minimum atomic E-state index is -0.684. The maximum absolute atomic E-state index is 12.7. The van der Waals surface area contributed by atoms with Crippen molar-refractivity contribution >= 4 is 11.7 Å². The Balaban J connectivity index is 1.44. The number of hydrogen-bond donors (Lipinski definition) is 1. The maximum Gasteiger partial charge on any atom is 0.312 e. The van der Waals surface area contributed by atoms with Crippen LogP contribution < -0.4 is 0 Å². The van der Waals surface area contributed by atoms with Gasteiger partial charge in [0.1, 0.15) is 6.61 Å². The van der Waals surface area contributed by atoms with Crippen molar-refractivity contribution in [3.05, 3.63) is 39.9 Å². The average molecular weight is 331 g/mol. The summed E-state index contributed by atoms with van der Waals surface area (Å²) in [5.74, 6) is 0.653.